The standard InChI is InChI=1S/C10H7NO2/c12-8-6-11(7-9-13)10-4-2-1-3-5-10/h1-7H. The predicted molar refractivity (Wildman–Crippen MR) is 49.4 cm³/mol. The van der Waals surface area contributed by atoms with Gasteiger partial charge in [0.15, 0.2) is 0 Å². The van der Waals surface area contributed by atoms with Crippen molar-refractivity contribution in [3.63, 3.8) is 0 Å². The summed E-state index contributed by atoms with van der Waals surface area (Å²) < 4.78 is 0. The van der Waals surface area contributed by atoms with E-state index in [9.17, 15) is 9.59 Å². The minimum atomic E-state index is 0.717. The van der Waals surface area contributed by atoms with E-state index in [1.54, 1.807) is 36.1 Å². The van der Waals surface area contributed by atoms with Crippen molar-refractivity contribution in [3.05, 3.63) is 42.7 Å². The molecule has 64 valence electrons. The molecule has 13 heavy (non-hydrogen) atoms. The maximum atomic E-state index is 10.1. The molecule has 3 heteroatoms. The van der Waals surface area contributed by atoms with Crippen LogP contribution in [-0.4, -0.2) is 11.9 Å². The molecular formula is C10H7NO2. The van der Waals surface area contributed by atoms with Crippen molar-refractivity contribution in [3.8, 4) is 0 Å². The molecule has 0 saturated heterocycles. The fourth-order valence-corrected chi connectivity index (χ4v) is 0.900. The molecule has 0 saturated carbocycles. The number of nitrogens with zero attached hydrogens (tertiary/aromatic N) is 1. The van der Waals surface area contributed by atoms with Crippen LogP contribution in [0, 0.1) is 0 Å². The minimum absolute atomic E-state index is 0.717. The summed E-state index contributed by atoms with van der Waals surface area (Å²) in [5.41, 5.74) is 0.717. The van der Waals surface area contributed by atoms with Gasteiger partial charge in [-0.15, -0.1) is 0 Å². The minimum Gasteiger partial charge on any atom is -0.303 e. The summed E-state index contributed by atoms with van der Waals surface area (Å²) in [6.45, 7) is 0. The molecule has 0 heterocycles. The molecule has 1 aromatic carbocycles. The lowest BCUT2D eigenvalue weighted by Crippen LogP contribution is -2.06. The Morgan fingerprint density at radius 3 is 2.00 bits per heavy atom. The number of hydrogen-bond donors (Lipinski definition) is 0. The van der Waals surface area contributed by atoms with E-state index in [0.29, 0.717) is 5.69 Å². The average molecular weight is 173 g/mol. The van der Waals surface area contributed by atoms with Gasteiger partial charge in [-0.05, 0) is 12.1 Å². The molecule has 0 spiro atoms. The smallest absolute Gasteiger partial charge is 0.142 e. The molecule has 0 fully saturated rings. The summed E-state index contributed by atoms with van der Waals surface area (Å²) in [7, 11) is 0. The highest BCUT2D eigenvalue weighted by Gasteiger charge is 1.97. The van der Waals surface area contributed by atoms with Crippen LogP contribution in [-0.2, 0) is 9.59 Å². The van der Waals surface area contributed by atoms with Gasteiger partial charge < -0.3 is 4.90 Å². The fourth-order valence-electron chi connectivity index (χ4n) is 0.900. The number of benzene rings is 1. The van der Waals surface area contributed by atoms with Gasteiger partial charge in [0.2, 0.25) is 0 Å². The zero-order valence-electron chi connectivity index (χ0n) is 6.81. The van der Waals surface area contributed by atoms with Crippen molar-refractivity contribution in [2.45, 2.75) is 0 Å². The van der Waals surface area contributed by atoms with Crippen LogP contribution >= 0.6 is 0 Å². The van der Waals surface area contributed by atoms with E-state index in [1.165, 1.54) is 4.90 Å². The summed E-state index contributed by atoms with van der Waals surface area (Å²) >= 11 is 0. The lowest BCUT2D eigenvalue weighted by Gasteiger charge is -2.10. The maximum Gasteiger partial charge on any atom is 0.142 e. The summed E-state index contributed by atoms with van der Waals surface area (Å²) in [6, 6.07) is 8.99. The molecule has 0 aliphatic heterocycles. The first-order valence-electron chi connectivity index (χ1n) is 3.64. The Kier molecular flexibility index (Phi) is 3.28. The number of hydrogen-bond acceptors (Lipinski definition) is 3. The zero-order valence-corrected chi connectivity index (χ0v) is 6.81. The van der Waals surface area contributed by atoms with Gasteiger partial charge in [0.1, 0.15) is 11.9 Å². The Bertz CT molecular complexity index is 342. The van der Waals surface area contributed by atoms with Gasteiger partial charge in [-0.1, -0.05) is 18.2 Å². The molecule has 0 amide bonds. The van der Waals surface area contributed by atoms with Crippen molar-refractivity contribution in [1.29, 1.82) is 0 Å². The van der Waals surface area contributed by atoms with Gasteiger partial charge in [0.05, 0.1) is 12.4 Å². The van der Waals surface area contributed by atoms with E-state index in [2.05, 4.69) is 0 Å². The third-order valence-electron chi connectivity index (χ3n) is 1.44. The second kappa shape index (κ2) is 4.73. The zero-order chi connectivity index (χ0) is 9.52. The molecule has 0 aliphatic carbocycles. The Balaban J connectivity index is 3.01. The highest BCUT2D eigenvalue weighted by molar-refractivity contribution is 5.65. The first-order valence-corrected chi connectivity index (χ1v) is 3.64. The normalized spacial score (nSPS) is 8.00. The first-order chi connectivity index (χ1) is 6.38. The topological polar surface area (TPSA) is 37.4 Å². The van der Waals surface area contributed by atoms with E-state index in [-0.39, 0.29) is 0 Å². The lowest BCUT2D eigenvalue weighted by atomic mass is 10.3. The second-order valence-electron chi connectivity index (χ2n) is 2.24. The van der Waals surface area contributed by atoms with Crippen LogP contribution < -0.4 is 4.90 Å². The molecule has 0 unspecified atom stereocenters. The fraction of sp³-hybridized carbons (Fsp3) is 0. The third kappa shape index (κ3) is 2.46. The van der Waals surface area contributed by atoms with Crippen LogP contribution in [0.5, 0.6) is 0 Å². The van der Waals surface area contributed by atoms with E-state index in [4.69, 9.17) is 0 Å². The van der Waals surface area contributed by atoms with Crippen LogP contribution in [0.1, 0.15) is 0 Å². The summed E-state index contributed by atoms with van der Waals surface area (Å²) in [5.74, 6) is 3.18. The van der Waals surface area contributed by atoms with E-state index in [0.717, 1.165) is 12.4 Å². The monoisotopic (exact) mass is 173 g/mol. The van der Waals surface area contributed by atoms with Crippen molar-refractivity contribution >= 4 is 17.6 Å². The van der Waals surface area contributed by atoms with Crippen LogP contribution in [0.15, 0.2) is 42.7 Å². The highest BCUT2D eigenvalue weighted by Crippen LogP contribution is 2.12. The Labute approximate surface area is 75.6 Å². The summed E-state index contributed by atoms with van der Waals surface area (Å²) in [4.78, 5) is 21.5. The van der Waals surface area contributed by atoms with E-state index in [1.807, 2.05) is 6.07 Å². The van der Waals surface area contributed by atoms with Crippen LogP contribution in [0.4, 0.5) is 5.69 Å². The van der Waals surface area contributed by atoms with Crippen LogP contribution in [0.25, 0.3) is 0 Å². The predicted octanol–water partition coefficient (Wildman–Crippen LogP) is 1.18. The average Bonchev–Trinajstić information content (AvgIpc) is 2.19. The number of rotatable bonds is 3. The molecule has 1 rings (SSSR count). The molecule has 0 aliphatic rings. The van der Waals surface area contributed by atoms with Crippen LogP contribution in [0.3, 0.4) is 0 Å². The summed E-state index contributed by atoms with van der Waals surface area (Å²) in [5, 5.41) is 0. The van der Waals surface area contributed by atoms with Gasteiger partial charge >= 0.3 is 0 Å². The molecule has 0 N–H and O–H groups in total. The second-order valence-corrected chi connectivity index (χ2v) is 2.24. The van der Waals surface area contributed by atoms with Gasteiger partial charge in [0.25, 0.3) is 0 Å². The van der Waals surface area contributed by atoms with Crippen LogP contribution in [0.2, 0.25) is 0 Å². The maximum absolute atomic E-state index is 10.1. The van der Waals surface area contributed by atoms with E-state index < -0.39 is 0 Å². The van der Waals surface area contributed by atoms with Crippen molar-refractivity contribution in [2.24, 2.45) is 0 Å². The van der Waals surface area contributed by atoms with Gasteiger partial charge in [-0.25, -0.2) is 9.59 Å². The molecule has 0 atom stereocenters. The SMILES string of the molecule is O=C=CN(C=C=O)c1ccccc1. The summed E-state index contributed by atoms with van der Waals surface area (Å²) in [6.07, 6.45) is 2.25. The highest BCUT2D eigenvalue weighted by atomic mass is 16.1. The lowest BCUT2D eigenvalue weighted by molar-refractivity contribution is 0.568. The molecule has 3 nitrogen and oxygen atoms in total. The molecule has 0 bridgehead atoms. The van der Waals surface area contributed by atoms with Gasteiger partial charge in [0, 0.05) is 5.69 Å². The van der Waals surface area contributed by atoms with E-state index >= 15 is 0 Å². The van der Waals surface area contributed by atoms with Crippen molar-refractivity contribution in [1.82, 2.24) is 0 Å². The quantitative estimate of drug-likeness (QED) is 0.644. The van der Waals surface area contributed by atoms with Gasteiger partial charge in [-0.3, -0.25) is 0 Å². The van der Waals surface area contributed by atoms with Gasteiger partial charge in [-0.2, -0.15) is 0 Å². The molecule has 1 aromatic rings. The number of anilines is 1. The Morgan fingerprint density at radius 2 is 1.54 bits per heavy atom. The van der Waals surface area contributed by atoms with Crippen molar-refractivity contribution in [2.75, 3.05) is 4.90 Å². The Hall–Kier alpha value is -2.08. The number of para-hydroxylation sites is 1. The molecule has 0 radical (unpaired) electrons. The third-order valence-corrected chi connectivity index (χ3v) is 1.44. The molecular weight excluding hydrogens is 166 g/mol. The van der Waals surface area contributed by atoms with Crippen molar-refractivity contribution < 1.29 is 9.59 Å². The number of carbonyl (C=O) groups excluding carboxylic acids is 2. The largest absolute Gasteiger partial charge is 0.303 e. The molecule has 0 aromatic heterocycles. The first kappa shape index (κ1) is 9.01. The Morgan fingerprint density at radius 1 is 1.00 bits per heavy atom.